The topological polar surface area (TPSA) is 46.9 Å². The first-order valence-electron chi connectivity index (χ1n) is 11.3. The Bertz CT molecular complexity index is 1340. The van der Waals surface area contributed by atoms with E-state index in [4.69, 9.17) is 5.10 Å². The minimum Gasteiger partial charge on any atom is -0.340 e. The molecule has 5 aromatic rings. The summed E-state index contributed by atoms with van der Waals surface area (Å²) in [7, 11) is 0. The Balaban J connectivity index is 1.57. The zero-order chi connectivity index (χ0) is 23.3. The van der Waals surface area contributed by atoms with Crippen molar-refractivity contribution >= 4 is 5.91 Å². The van der Waals surface area contributed by atoms with E-state index in [2.05, 4.69) is 5.32 Å². The first-order chi connectivity index (χ1) is 16.7. The average Bonchev–Trinajstić information content (AvgIpc) is 3.35. The quantitative estimate of drug-likeness (QED) is 0.332. The molecule has 0 fully saturated rings. The van der Waals surface area contributed by atoms with Crippen LogP contribution in [0.3, 0.4) is 0 Å². The standard InChI is InChI=1S/C30H25N3O/c1-22-17-19-26(20-18-22)33-28(21-27(32-33)23-11-5-2-6-12-23)30(34)31-29(24-13-7-3-8-14-24)25-15-9-4-10-16-25/h2-21,29H,1H3,(H,31,34). The van der Waals surface area contributed by atoms with Gasteiger partial charge in [-0.15, -0.1) is 0 Å². The maximum Gasteiger partial charge on any atom is 0.270 e. The summed E-state index contributed by atoms with van der Waals surface area (Å²) in [4.78, 5) is 13.7. The summed E-state index contributed by atoms with van der Waals surface area (Å²) in [6.45, 7) is 2.04. The number of rotatable bonds is 6. The highest BCUT2D eigenvalue weighted by molar-refractivity contribution is 5.95. The van der Waals surface area contributed by atoms with Gasteiger partial charge in [-0.1, -0.05) is 109 Å². The molecule has 0 aliphatic rings. The molecule has 0 bridgehead atoms. The highest BCUT2D eigenvalue weighted by Gasteiger charge is 2.22. The van der Waals surface area contributed by atoms with Gasteiger partial charge in [0.1, 0.15) is 5.69 Å². The van der Waals surface area contributed by atoms with Gasteiger partial charge in [0.2, 0.25) is 0 Å². The van der Waals surface area contributed by atoms with E-state index in [9.17, 15) is 4.79 Å². The predicted octanol–water partition coefficient (Wildman–Crippen LogP) is 6.37. The van der Waals surface area contributed by atoms with Crippen LogP contribution < -0.4 is 5.32 Å². The van der Waals surface area contributed by atoms with Crippen LogP contribution in [0.1, 0.15) is 33.2 Å². The zero-order valence-electron chi connectivity index (χ0n) is 18.9. The lowest BCUT2D eigenvalue weighted by molar-refractivity contribution is 0.0935. The highest BCUT2D eigenvalue weighted by atomic mass is 16.2. The molecule has 5 rings (SSSR count). The van der Waals surface area contributed by atoms with E-state index in [1.54, 1.807) is 4.68 Å². The van der Waals surface area contributed by atoms with Crippen molar-refractivity contribution in [1.29, 1.82) is 0 Å². The molecule has 0 atom stereocenters. The SMILES string of the molecule is Cc1ccc(-n2nc(-c3ccccc3)cc2C(=O)NC(c2ccccc2)c2ccccc2)cc1. The predicted molar refractivity (Wildman–Crippen MR) is 136 cm³/mol. The number of aromatic nitrogens is 2. The van der Waals surface area contributed by atoms with Crippen LogP contribution in [-0.4, -0.2) is 15.7 Å². The molecule has 0 unspecified atom stereocenters. The first kappa shape index (κ1) is 21.4. The molecule has 0 radical (unpaired) electrons. The summed E-state index contributed by atoms with van der Waals surface area (Å²) in [6, 6.07) is 39.6. The van der Waals surface area contributed by atoms with Crippen molar-refractivity contribution in [2.75, 3.05) is 0 Å². The van der Waals surface area contributed by atoms with Crippen LogP contribution in [0.4, 0.5) is 0 Å². The number of amides is 1. The maximum absolute atomic E-state index is 13.7. The smallest absolute Gasteiger partial charge is 0.270 e. The van der Waals surface area contributed by atoms with Crippen molar-refractivity contribution in [3.63, 3.8) is 0 Å². The van der Waals surface area contributed by atoms with E-state index >= 15 is 0 Å². The molecule has 0 saturated carbocycles. The summed E-state index contributed by atoms with van der Waals surface area (Å²) in [5, 5.41) is 8.06. The molecule has 0 aliphatic heterocycles. The van der Waals surface area contributed by atoms with Crippen LogP contribution in [-0.2, 0) is 0 Å². The molecule has 1 heterocycles. The van der Waals surface area contributed by atoms with E-state index in [0.29, 0.717) is 5.69 Å². The van der Waals surface area contributed by atoms with Gasteiger partial charge >= 0.3 is 0 Å². The largest absolute Gasteiger partial charge is 0.340 e. The Labute approximate surface area is 199 Å². The Morgan fingerprint density at radius 2 is 1.26 bits per heavy atom. The molecule has 1 amide bonds. The van der Waals surface area contributed by atoms with E-state index in [0.717, 1.165) is 33.6 Å². The monoisotopic (exact) mass is 443 g/mol. The van der Waals surface area contributed by atoms with Gasteiger partial charge in [-0.2, -0.15) is 5.10 Å². The fourth-order valence-corrected chi connectivity index (χ4v) is 4.03. The number of benzene rings is 4. The summed E-state index contributed by atoms with van der Waals surface area (Å²) >= 11 is 0. The summed E-state index contributed by atoms with van der Waals surface area (Å²) in [6.07, 6.45) is 0. The van der Waals surface area contributed by atoms with Crippen LogP contribution in [0.5, 0.6) is 0 Å². The Hall–Kier alpha value is -4.44. The van der Waals surface area contributed by atoms with Crippen molar-refractivity contribution < 1.29 is 4.79 Å². The Morgan fingerprint density at radius 3 is 1.82 bits per heavy atom. The van der Waals surface area contributed by atoms with Gasteiger partial charge in [-0.3, -0.25) is 4.79 Å². The van der Waals surface area contributed by atoms with Gasteiger partial charge in [0, 0.05) is 5.56 Å². The molecule has 1 aromatic heterocycles. The number of carbonyl (C=O) groups is 1. The van der Waals surface area contributed by atoms with Gasteiger partial charge in [0.05, 0.1) is 17.4 Å². The van der Waals surface area contributed by atoms with E-state index in [1.165, 1.54) is 0 Å². The number of nitrogens with zero attached hydrogens (tertiary/aromatic N) is 2. The molecule has 166 valence electrons. The number of aryl methyl sites for hydroxylation is 1. The number of carbonyl (C=O) groups excluding carboxylic acids is 1. The second-order valence-corrected chi connectivity index (χ2v) is 8.26. The van der Waals surface area contributed by atoms with Crippen LogP contribution >= 0.6 is 0 Å². The van der Waals surface area contributed by atoms with Crippen molar-refractivity contribution in [2.45, 2.75) is 13.0 Å². The van der Waals surface area contributed by atoms with Gasteiger partial charge < -0.3 is 5.32 Å². The van der Waals surface area contributed by atoms with Crippen LogP contribution in [0, 0.1) is 6.92 Å². The molecule has 0 saturated heterocycles. The van der Waals surface area contributed by atoms with Gasteiger partial charge in [-0.25, -0.2) is 4.68 Å². The van der Waals surface area contributed by atoms with Crippen LogP contribution in [0.2, 0.25) is 0 Å². The number of hydrogen-bond acceptors (Lipinski definition) is 2. The molecule has 4 heteroatoms. The number of hydrogen-bond donors (Lipinski definition) is 1. The zero-order valence-corrected chi connectivity index (χ0v) is 18.9. The molecule has 34 heavy (non-hydrogen) atoms. The summed E-state index contributed by atoms with van der Waals surface area (Å²) in [5.74, 6) is -0.187. The van der Waals surface area contributed by atoms with E-state index < -0.39 is 0 Å². The third-order valence-corrected chi connectivity index (χ3v) is 5.83. The van der Waals surface area contributed by atoms with Crippen molar-refractivity contribution in [3.05, 3.63) is 144 Å². The third-order valence-electron chi connectivity index (χ3n) is 5.83. The summed E-state index contributed by atoms with van der Waals surface area (Å²) < 4.78 is 1.73. The minimum absolute atomic E-state index is 0.187. The Morgan fingerprint density at radius 1 is 0.735 bits per heavy atom. The van der Waals surface area contributed by atoms with Gasteiger partial charge in [0.25, 0.3) is 5.91 Å². The lowest BCUT2D eigenvalue weighted by Gasteiger charge is -2.20. The average molecular weight is 444 g/mol. The molecule has 4 aromatic carbocycles. The molecule has 4 nitrogen and oxygen atoms in total. The van der Waals surface area contributed by atoms with Crippen molar-refractivity contribution in [1.82, 2.24) is 15.1 Å². The van der Waals surface area contributed by atoms with Gasteiger partial charge in [0.15, 0.2) is 0 Å². The molecule has 0 spiro atoms. The van der Waals surface area contributed by atoms with Crippen molar-refractivity contribution in [3.8, 4) is 16.9 Å². The normalized spacial score (nSPS) is 10.9. The number of nitrogens with one attached hydrogen (secondary N) is 1. The van der Waals surface area contributed by atoms with E-state index in [1.807, 2.05) is 128 Å². The highest BCUT2D eigenvalue weighted by Crippen LogP contribution is 2.25. The molecular weight excluding hydrogens is 418 g/mol. The lowest BCUT2D eigenvalue weighted by Crippen LogP contribution is -2.31. The second kappa shape index (κ2) is 9.59. The molecule has 1 N–H and O–H groups in total. The summed E-state index contributed by atoms with van der Waals surface area (Å²) in [5.41, 5.74) is 6.23. The van der Waals surface area contributed by atoms with E-state index in [-0.39, 0.29) is 11.9 Å². The fourth-order valence-electron chi connectivity index (χ4n) is 4.03. The lowest BCUT2D eigenvalue weighted by atomic mass is 9.98. The van der Waals surface area contributed by atoms with Crippen LogP contribution in [0.15, 0.2) is 121 Å². The first-order valence-corrected chi connectivity index (χ1v) is 11.3. The molecule has 0 aliphatic carbocycles. The second-order valence-electron chi connectivity index (χ2n) is 8.26. The minimum atomic E-state index is -0.281. The van der Waals surface area contributed by atoms with Crippen LogP contribution in [0.25, 0.3) is 16.9 Å². The maximum atomic E-state index is 13.7. The third kappa shape index (κ3) is 4.52. The fraction of sp³-hybridized carbons (Fsp3) is 0.0667. The Kier molecular flexibility index (Phi) is 6.04. The van der Waals surface area contributed by atoms with Crippen molar-refractivity contribution in [2.24, 2.45) is 0 Å². The van der Waals surface area contributed by atoms with Gasteiger partial charge in [-0.05, 0) is 36.2 Å². The molecular formula is C30H25N3O.